The topological polar surface area (TPSA) is 63.9 Å². The highest BCUT2D eigenvalue weighted by molar-refractivity contribution is 7.99. The summed E-state index contributed by atoms with van der Waals surface area (Å²) in [6, 6.07) is 8.63. The third-order valence-corrected chi connectivity index (χ3v) is 6.22. The lowest BCUT2D eigenvalue weighted by atomic mass is 9.91. The van der Waals surface area contributed by atoms with E-state index in [1.807, 2.05) is 21.7 Å². The molecule has 2 aliphatic rings. The molecule has 1 amide bonds. The Morgan fingerprint density at radius 2 is 2.04 bits per heavy atom. The first-order valence-corrected chi connectivity index (χ1v) is 10.0. The van der Waals surface area contributed by atoms with Crippen molar-refractivity contribution in [2.24, 2.45) is 0 Å². The fourth-order valence-electron chi connectivity index (χ4n) is 3.87. The highest BCUT2D eigenvalue weighted by Crippen LogP contribution is 2.35. The van der Waals surface area contributed by atoms with E-state index in [1.165, 1.54) is 30.2 Å². The summed E-state index contributed by atoms with van der Waals surface area (Å²) in [5, 5.41) is 12.9. The first kappa shape index (κ1) is 16.6. The summed E-state index contributed by atoms with van der Waals surface area (Å²) in [6.45, 7) is 3.01. The Hall–Kier alpha value is -1.89. The van der Waals surface area contributed by atoms with Gasteiger partial charge in [0.1, 0.15) is 0 Å². The van der Waals surface area contributed by atoms with Crippen LogP contribution in [0.3, 0.4) is 0 Å². The molecule has 0 radical (unpaired) electrons. The van der Waals surface area contributed by atoms with Gasteiger partial charge in [0.25, 0.3) is 0 Å². The van der Waals surface area contributed by atoms with E-state index in [1.54, 1.807) is 0 Å². The van der Waals surface area contributed by atoms with Crippen LogP contribution in [0.15, 0.2) is 29.4 Å². The van der Waals surface area contributed by atoms with Crippen LogP contribution in [0.1, 0.15) is 56.6 Å². The molecule has 0 bridgehead atoms. The zero-order valence-corrected chi connectivity index (χ0v) is 15.3. The van der Waals surface area contributed by atoms with Gasteiger partial charge in [0.15, 0.2) is 0 Å². The molecular weight excluding hydrogens is 334 g/mol. The van der Waals surface area contributed by atoms with Gasteiger partial charge in [0, 0.05) is 12.2 Å². The number of hydrogen-bond donors (Lipinski definition) is 0. The molecule has 0 spiro atoms. The number of amides is 1. The second-order valence-corrected chi connectivity index (χ2v) is 7.87. The van der Waals surface area contributed by atoms with Crippen LogP contribution in [0.25, 0.3) is 0 Å². The smallest absolute Gasteiger partial charge is 0.237 e. The van der Waals surface area contributed by atoms with E-state index in [0.29, 0.717) is 17.7 Å². The summed E-state index contributed by atoms with van der Waals surface area (Å²) in [6.07, 6.45) is 5.73. The van der Waals surface area contributed by atoms with E-state index < -0.39 is 0 Å². The summed E-state index contributed by atoms with van der Waals surface area (Å²) in [4.78, 5) is 14.7. The van der Waals surface area contributed by atoms with Gasteiger partial charge >= 0.3 is 0 Å². The monoisotopic (exact) mass is 357 g/mol. The molecule has 25 heavy (non-hydrogen) atoms. The number of hydrogen-bond acceptors (Lipinski definition) is 5. The Bertz CT molecular complexity index is 755. The van der Waals surface area contributed by atoms with Gasteiger partial charge in [-0.1, -0.05) is 49.7 Å². The number of rotatable bonds is 4. The first-order valence-electron chi connectivity index (χ1n) is 9.04. The Labute approximate surface area is 152 Å². The Morgan fingerprint density at radius 3 is 2.88 bits per heavy atom. The minimum atomic E-state index is 0.130. The number of tetrazole rings is 1. The van der Waals surface area contributed by atoms with Crippen LogP contribution in [0.2, 0.25) is 0 Å². The quantitative estimate of drug-likeness (QED) is 0.785. The number of para-hydroxylation sites is 1. The van der Waals surface area contributed by atoms with Crippen molar-refractivity contribution >= 4 is 23.4 Å². The largest absolute Gasteiger partial charge is 0.311 e. The predicted octanol–water partition coefficient (Wildman–Crippen LogP) is 3.42. The maximum Gasteiger partial charge on any atom is 0.237 e. The average Bonchev–Trinajstić information content (AvgIpc) is 3.31. The zero-order valence-electron chi connectivity index (χ0n) is 14.5. The number of nitrogens with zero attached hydrogens (tertiary/aromatic N) is 5. The molecule has 0 N–H and O–H groups in total. The number of carbonyl (C=O) groups is 1. The normalized spacial score (nSPS) is 20.7. The summed E-state index contributed by atoms with van der Waals surface area (Å²) in [5.41, 5.74) is 2.32. The third kappa shape index (κ3) is 3.29. The van der Waals surface area contributed by atoms with Crippen LogP contribution in [-0.2, 0) is 4.79 Å². The van der Waals surface area contributed by atoms with Gasteiger partial charge in [-0.25, -0.2) is 4.68 Å². The van der Waals surface area contributed by atoms with E-state index in [4.69, 9.17) is 0 Å². The lowest BCUT2D eigenvalue weighted by Gasteiger charge is -2.32. The highest BCUT2D eigenvalue weighted by atomic mass is 32.2. The van der Waals surface area contributed by atoms with Crippen LogP contribution >= 0.6 is 11.8 Å². The van der Waals surface area contributed by atoms with Crippen molar-refractivity contribution in [3.05, 3.63) is 29.8 Å². The molecule has 0 saturated heterocycles. The van der Waals surface area contributed by atoms with Crippen LogP contribution in [0, 0.1) is 0 Å². The lowest BCUT2D eigenvalue weighted by molar-refractivity contribution is -0.116. The second-order valence-electron chi connectivity index (χ2n) is 6.93. The highest BCUT2D eigenvalue weighted by Gasteiger charge is 2.27. The molecule has 132 valence electrons. The van der Waals surface area contributed by atoms with Gasteiger partial charge in [-0.15, -0.1) is 5.10 Å². The molecule has 1 atom stereocenters. The molecule has 6 nitrogen and oxygen atoms in total. The van der Waals surface area contributed by atoms with Gasteiger partial charge in [-0.2, -0.15) is 0 Å². The van der Waals surface area contributed by atoms with E-state index in [9.17, 15) is 4.79 Å². The van der Waals surface area contributed by atoms with Crippen LogP contribution in [-0.4, -0.2) is 38.4 Å². The van der Waals surface area contributed by atoms with Gasteiger partial charge in [0.2, 0.25) is 11.1 Å². The van der Waals surface area contributed by atoms with Crippen LogP contribution < -0.4 is 4.90 Å². The molecule has 1 aliphatic heterocycles. The number of benzene rings is 1. The maximum absolute atomic E-state index is 12.8. The number of thioether (sulfide) groups is 1. The molecule has 1 fully saturated rings. The van der Waals surface area contributed by atoms with Crippen molar-refractivity contribution in [2.45, 2.75) is 56.1 Å². The molecule has 1 unspecified atom stereocenters. The van der Waals surface area contributed by atoms with Crippen molar-refractivity contribution in [3.8, 4) is 0 Å². The van der Waals surface area contributed by atoms with Crippen molar-refractivity contribution in [1.82, 2.24) is 20.2 Å². The van der Waals surface area contributed by atoms with Crippen molar-refractivity contribution in [3.63, 3.8) is 0 Å². The number of carbonyl (C=O) groups excluding carboxylic acids is 1. The van der Waals surface area contributed by atoms with E-state index in [-0.39, 0.29) is 5.91 Å². The minimum Gasteiger partial charge on any atom is -0.311 e. The fraction of sp³-hybridized carbons (Fsp3) is 0.556. The van der Waals surface area contributed by atoms with Crippen LogP contribution in [0.4, 0.5) is 5.69 Å². The number of anilines is 1. The molecule has 2 aromatic rings. The summed E-state index contributed by atoms with van der Waals surface area (Å²) in [7, 11) is 0. The molecule has 4 rings (SSSR count). The second kappa shape index (κ2) is 7.15. The number of fused-ring (bicyclic) bond motifs is 1. The Kier molecular flexibility index (Phi) is 4.74. The van der Waals surface area contributed by atoms with Gasteiger partial charge in [0.05, 0.1) is 11.8 Å². The average molecular weight is 357 g/mol. The molecule has 1 aliphatic carbocycles. The van der Waals surface area contributed by atoms with Crippen molar-refractivity contribution in [2.75, 3.05) is 17.2 Å². The predicted molar refractivity (Wildman–Crippen MR) is 97.9 cm³/mol. The van der Waals surface area contributed by atoms with Gasteiger partial charge in [-0.3, -0.25) is 4.79 Å². The summed E-state index contributed by atoms with van der Waals surface area (Å²) in [5.74, 6) is 1.00. The number of aromatic nitrogens is 4. The molecule has 1 saturated carbocycles. The molecule has 1 aromatic heterocycles. The third-order valence-electron chi connectivity index (χ3n) is 5.30. The standard InChI is InChI=1S/C18H23N5OS/c1-13-10-11-22(16-9-5-4-8-15(13)16)17(24)12-25-18-19-20-21-23(18)14-6-2-3-7-14/h4-5,8-9,13-14H,2-3,6-7,10-12H2,1H3. The first-order chi connectivity index (χ1) is 12.2. The van der Waals surface area contributed by atoms with Crippen LogP contribution in [0.5, 0.6) is 0 Å². The van der Waals surface area contributed by atoms with E-state index >= 15 is 0 Å². The zero-order chi connectivity index (χ0) is 17.2. The maximum atomic E-state index is 12.8. The summed E-state index contributed by atoms with van der Waals surface area (Å²) >= 11 is 1.45. The van der Waals surface area contributed by atoms with E-state index in [2.05, 4.69) is 34.6 Å². The molecule has 2 heterocycles. The molecule has 7 heteroatoms. The lowest BCUT2D eigenvalue weighted by Crippen LogP contribution is -2.37. The van der Waals surface area contributed by atoms with Gasteiger partial charge < -0.3 is 4.90 Å². The fourth-order valence-corrected chi connectivity index (χ4v) is 4.69. The Morgan fingerprint density at radius 1 is 1.24 bits per heavy atom. The van der Waals surface area contributed by atoms with Gasteiger partial charge in [-0.05, 0) is 47.2 Å². The molecule has 1 aromatic carbocycles. The molecular formula is C18H23N5OS. The minimum absolute atomic E-state index is 0.130. The summed E-state index contributed by atoms with van der Waals surface area (Å²) < 4.78 is 1.91. The SMILES string of the molecule is CC1CCN(C(=O)CSc2nnnn2C2CCCC2)c2ccccc21. The van der Waals surface area contributed by atoms with Crippen molar-refractivity contribution in [1.29, 1.82) is 0 Å². The Balaban J connectivity index is 1.45. The van der Waals surface area contributed by atoms with E-state index in [0.717, 1.165) is 36.7 Å². The van der Waals surface area contributed by atoms with Crippen molar-refractivity contribution < 1.29 is 4.79 Å².